The molecule has 1 amide bonds. The van der Waals surface area contributed by atoms with Crippen molar-refractivity contribution in [3.05, 3.63) is 23.2 Å². The van der Waals surface area contributed by atoms with Crippen molar-refractivity contribution in [1.29, 1.82) is 0 Å². The van der Waals surface area contributed by atoms with Crippen LogP contribution in [0.3, 0.4) is 0 Å². The lowest BCUT2D eigenvalue weighted by Crippen LogP contribution is -2.40. The fourth-order valence-electron chi connectivity index (χ4n) is 2.39. The normalized spacial score (nSPS) is 15.3. The minimum absolute atomic E-state index is 0.0893. The van der Waals surface area contributed by atoms with Crippen LogP contribution in [0.1, 0.15) is 41.1 Å². The van der Waals surface area contributed by atoms with E-state index in [-0.39, 0.29) is 18.0 Å². The Morgan fingerprint density at radius 1 is 1.35 bits per heavy atom. The summed E-state index contributed by atoms with van der Waals surface area (Å²) in [6.07, 6.45) is 3.34. The molecule has 2 heterocycles. The number of carbonyl (C=O) groups excluding carboxylic acids is 1. The summed E-state index contributed by atoms with van der Waals surface area (Å²) >= 11 is 0. The van der Waals surface area contributed by atoms with Crippen LogP contribution in [0.15, 0.2) is 10.5 Å². The third kappa shape index (κ3) is 3.60. The predicted molar refractivity (Wildman–Crippen MR) is 72.5 cm³/mol. The maximum Gasteiger partial charge on any atom is 0.339 e. The summed E-state index contributed by atoms with van der Waals surface area (Å²) in [5.74, 6) is 0.0105. The summed E-state index contributed by atoms with van der Waals surface area (Å²) in [6.45, 7) is 3.90. The van der Waals surface area contributed by atoms with Crippen molar-refractivity contribution in [3.63, 3.8) is 0 Å². The Morgan fingerprint density at radius 2 is 2.05 bits per heavy atom. The first-order valence-corrected chi connectivity index (χ1v) is 6.89. The van der Waals surface area contributed by atoms with Crippen LogP contribution in [-0.2, 0) is 11.3 Å². The van der Waals surface area contributed by atoms with Crippen molar-refractivity contribution in [1.82, 2.24) is 10.2 Å². The van der Waals surface area contributed by atoms with Gasteiger partial charge in [0.1, 0.15) is 17.1 Å². The van der Waals surface area contributed by atoms with Gasteiger partial charge in [0, 0.05) is 13.1 Å². The van der Waals surface area contributed by atoms with Crippen LogP contribution in [0, 0.1) is 6.92 Å². The first kappa shape index (κ1) is 14.6. The zero-order valence-electron chi connectivity index (χ0n) is 11.6. The Morgan fingerprint density at radius 3 is 2.65 bits per heavy atom. The van der Waals surface area contributed by atoms with Crippen LogP contribution < -0.4 is 5.32 Å². The third-order valence-corrected chi connectivity index (χ3v) is 3.48. The predicted octanol–water partition coefficient (Wildman–Crippen LogP) is 1.39. The van der Waals surface area contributed by atoms with E-state index in [9.17, 15) is 9.59 Å². The molecule has 1 aliphatic heterocycles. The molecule has 1 aromatic heterocycles. The fourth-order valence-corrected chi connectivity index (χ4v) is 2.39. The number of furan rings is 1. The van der Waals surface area contributed by atoms with Gasteiger partial charge in [-0.2, -0.15) is 0 Å². The molecule has 0 saturated carbocycles. The van der Waals surface area contributed by atoms with Crippen molar-refractivity contribution in [2.75, 3.05) is 19.6 Å². The molecule has 6 heteroatoms. The molecule has 0 bridgehead atoms. The number of carboxylic acids is 1. The molecule has 0 radical (unpaired) electrons. The van der Waals surface area contributed by atoms with Crippen molar-refractivity contribution in [3.8, 4) is 0 Å². The summed E-state index contributed by atoms with van der Waals surface area (Å²) in [7, 11) is 0. The van der Waals surface area contributed by atoms with Gasteiger partial charge in [-0.25, -0.2) is 4.79 Å². The lowest BCUT2D eigenvalue weighted by Gasteiger charge is -2.26. The van der Waals surface area contributed by atoms with Crippen molar-refractivity contribution in [2.45, 2.75) is 32.7 Å². The van der Waals surface area contributed by atoms with E-state index >= 15 is 0 Å². The number of piperidine rings is 1. The number of nitrogens with one attached hydrogen (secondary N) is 1. The second-order valence-electron chi connectivity index (χ2n) is 5.03. The summed E-state index contributed by atoms with van der Waals surface area (Å²) in [4.78, 5) is 24.7. The number of aromatic carboxylic acids is 1. The molecule has 6 nitrogen and oxygen atoms in total. The van der Waals surface area contributed by atoms with Gasteiger partial charge < -0.3 is 19.7 Å². The van der Waals surface area contributed by atoms with Crippen LogP contribution in [0.25, 0.3) is 0 Å². The molecule has 20 heavy (non-hydrogen) atoms. The molecule has 1 aromatic rings. The topological polar surface area (TPSA) is 82.8 Å². The molecule has 110 valence electrons. The summed E-state index contributed by atoms with van der Waals surface area (Å²) < 4.78 is 5.34. The van der Waals surface area contributed by atoms with Crippen molar-refractivity contribution in [2.24, 2.45) is 0 Å². The highest BCUT2D eigenvalue weighted by Gasteiger charge is 2.17. The minimum Gasteiger partial charge on any atom is -0.478 e. The second kappa shape index (κ2) is 6.56. The number of carboxylic acid groups (broad SMARTS) is 1. The highest BCUT2D eigenvalue weighted by atomic mass is 16.4. The molecule has 0 atom stereocenters. The van der Waals surface area contributed by atoms with Gasteiger partial charge in [0.25, 0.3) is 0 Å². The zero-order valence-corrected chi connectivity index (χ0v) is 11.6. The van der Waals surface area contributed by atoms with Gasteiger partial charge >= 0.3 is 5.97 Å². The fraction of sp³-hybridized carbons (Fsp3) is 0.571. The van der Waals surface area contributed by atoms with Crippen LogP contribution in [0.5, 0.6) is 0 Å². The quantitative estimate of drug-likeness (QED) is 0.851. The smallest absolute Gasteiger partial charge is 0.339 e. The first-order chi connectivity index (χ1) is 9.58. The number of nitrogens with zero attached hydrogens (tertiary/aromatic N) is 1. The molecule has 1 saturated heterocycles. The number of likely N-dealkylation sites (tertiary alicyclic amines) is 1. The molecular weight excluding hydrogens is 260 g/mol. The Balaban J connectivity index is 1.79. The van der Waals surface area contributed by atoms with E-state index in [1.807, 2.05) is 4.90 Å². The Hall–Kier alpha value is -1.82. The van der Waals surface area contributed by atoms with Crippen LogP contribution >= 0.6 is 0 Å². The van der Waals surface area contributed by atoms with E-state index in [1.165, 1.54) is 12.5 Å². The van der Waals surface area contributed by atoms with E-state index in [0.29, 0.717) is 18.1 Å². The Kier molecular flexibility index (Phi) is 4.79. The van der Waals surface area contributed by atoms with Gasteiger partial charge in [-0.15, -0.1) is 0 Å². The van der Waals surface area contributed by atoms with E-state index in [4.69, 9.17) is 9.52 Å². The van der Waals surface area contributed by atoms with Crippen LogP contribution in [-0.4, -0.2) is 41.5 Å². The number of rotatable bonds is 5. The molecule has 0 aromatic carbocycles. The van der Waals surface area contributed by atoms with E-state index in [0.717, 1.165) is 25.9 Å². The molecule has 0 aliphatic carbocycles. The Labute approximate surface area is 117 Å². The number of carbonyl (C=O) groups is 2. The van der Waals surface area contributed by atoms with Gasteiger partial charge in [0.2, 0.25) is 5.91 Å². The van der Waals surface area contributed by atoms with Gasteiger partial charge in [-0.05, 0) is 32.3 Å². The molecule has 1 fully saturated rings. The molecular formula is C14H20N2O4. The maximum atomic E-state index is 11.9. The highest BCUT2D eigenvalue weighted by Crippen LogP contribution is 2.14. The molecule has 0 spiro atoms. The average Bonchev–Trinajstić information content (AvgIpc) is 2.81. The maximum absolute atomic E-state index is 11.9. The summed E-state index contributed by atoms with van der Waals surface area (Å²) in [5.41, 5.74) is 0.171. The molecule has 1 aliphatic rings. The van der Waals surface area contributed by atoms with E-state index in [1.54, 1.807) is 6.92 Å². The standard InChI is InChI=1S/C14H20N2O4/c1-10-12(14(18)19)7-11(20-10)8-15-9-13(17)16-5-3-2-4-6-16/h7,15H,2-6,8-9H2,1H3,(H,18,19). The average molecular weight is 280 g/mol. The van der Waals surface area contributed by atoms with Crippen LogP contribution in [0.4, 0.5) is 0 Å². The lowest BCUT2D eigenvalue weighted by molar-refractivity contribution is -0.131. The first-order valence-electron chi connectivity index (χ1n) is 6.89. The largest absolute Gasteiger partial charge is 0.478 e. The van der Waals surface area contributed by atoms with Crippen molar-refractivity contribution < 1.29 is 19.1 Å². The highest BCUT2D eigenvalue weighted by molar-refractivity contribution is 5.88. The number of amides is 1. The third-order valence-electron chi connectivity index (χ3n) is 3.48. The van der Waals surface area contributed by atoms with Crippen LogP contribution in [0.2, 0.25) is 0 Å². The molecule has 0 unspecified atom stereocenters. The Bertz CT molecular complexity index is 489. The SMILES string of the molecule is Cc1oc(CNCC(=O)N2CCCCC2)cc1C(=O)O. The van der Waals surface area contributed by atoms with E-state index in [2.05, 4.69) is 5.32 Å². The number of aryl methyl sites for hydroxylation is 1. The number of hydrogen-bond donors (Lipinski definition) is 2. The monoisotopic (exact) mass is 280 g/mol. The summed E-state index contributed by atoms with van der Waals surface area (Å²) in [6, 6.07) is 1.50. The van der Waals surface area contributed by atoms with Gasteiger partial charge in [0.15, 0.2) is 0 Å². The zero-order chi connectivity index (χ0) is 14.5. The summed E-state index contributed by atoms with van der Waals surface area (Å²) in [5, 5.41) is 11.9. The van der Waals surface area contributed by atoms with Gasteiger partial charge in [-0.3, -0.25) is 4.79 Å². The number of hydrogen-bond acceptors (Lipinski definition) is 4. The second-order valence-corrected chi connectivity index (χ2v) is 5.03. The van der Waals surface area contributed by atoms with Gasteiger partial charge in [0.05, 0.1) is 13.1 Å². The lowest BCUT2D eigenvalue weighted by atomic mass is 10.1. The molecule has 2 rings (SSSR count). The minimum atomic E-state index is -0.998. The van der Waals surface area contributed by atoms with Gasteiger partial charge in [-0.1, -0.05) is 0 Å². The molecule has 2 N–H and O–H groups in total. The van der Waals surface area contributed by atoms with E-state index < -0.39 is 5.97 Å². The van der Waals surface area contributed by atoms with Crippen molar-refractivity contribution >= 4 is 11.9 Å².